The van der Waals surface area contributed by atoms with Gasteiger partial charge in [0.15, 0.2) is 0 Å². The minimum Gasteiger partial charge on any atom is -0.275 e. The fourth-order valence-corrected chi connectivity index (χ4v) is 3.10. The van der Waals surface area contributed by atoms with Crippen molar-refractivity contribution in [3.8, 4) is 0 Å². The first-order valence-electron chi connectivity index (χ1n) is 7.98. The lowest BCUT2D eigenvalue weighted by molar-refractivity contribution is -0.168. The quantitative estimate of drug-likeness (QED) is 0.619. The smallest absolute Gasteiger partial charge is 0.245 e. The SMILES string of the molecule is CCCCC1CCC(CCCC(=O)N(C)OC)CC1. The monoisotopic (exact) mass is 269 g/mol. The first-order valence-corrected chi connectivity index (χ1v) is 7.98. The van der Waals surface area contributed by atoms with E-state index in [0.717, 1.165) is 18.3 Å². The van der Waals surface area contributed by atoms with E-state index in [4.69, 9.17) is 4.84 Å². The third-order valence-electron chi connectivity index (χ3n) is 4.56. The van der Waals surface area contributed by atoms with Crippen LogP contribution >= 0.6 is 0 Å². The third kappa shape index (κ3) is 6.42. The van der Waals surface area contributed by atoms with E-state index in [9.17, 15) is 4.79 Å². The molecule has 1 amide bonds. The minimum absolute atomic E-state index is 0.0964. The summed E-state index contributed by atoms with van der Waals surface area (Å²) in [6.07, 6.45) is 12.6. The molecule has 0 aromatic heterocycles. The maximum Gasteiger partial charge on any atom is 0.245 e. The Labute approximate surface area is 118 Å². The van der Waals surface area contributed by atoms with E-state index in [-0.39, 0.29) is 5.91 Å². The molecule has 0 saturated heterocycles. The first-order chi connectivity index (χ1) is 9.17. The van der Waals surface area contributed by atoms with Crippen LogP contribution in [0.2, 0.25) is 0 Å². The molecule has 1 aliphatic carbocycles. The maximum atomic E-state index is 11.6. The number of hydroxylamine groups is 2. The van der Waals surface area contributed by atoms with Gasteiger partial charge in [-0.15, -0.1) is 0 Å². The zero-order valence-electron chi connectivity index (χ0n) is 13.0. The highest BCUT2D eigenvalue weighted by Crippen LogP contribution is 2.34. The van der Waals surface area contributed by atoms with Gasteiger partial charge in [0.05, 0.1) is 7.11 Å². The van der Waals surface area contributed by atoms with Gasteiger partial charge < -0.3 is 0 Å². The highest BCUT2D eigenvalue weighted by molar-refractivity contribution is 5.74. The molecule has 0 heterocycles. The summed E-state index contributed by atoms with van der Waals surface area (Å²) in [7, 11) is 3.22. The summed E-state index contributed by atoms with van der Waals surface area (Å²) >= 11 is 0. The van der Waals surface area contributed by atoms with E-state index in [0.29, 0.717) is 6.42 Å². The van der Waals surface area contributed by atoms with Gasteiger partial charge >= 0.3 is 0 Å². The fraction of sp³-hybridized carbons (Fsp3) is 0.938. The lowest BCUT2D eigenvalue weighted by Gasteiger charge is -2.28. The van der Waals surface area contributed by atoms with E-state index in [2.05, 4.69) is 6.92 Å². The van der Waals surface area contributed by atoms with Crippen LogP contribution in [-0.4, -0.2) is 25.1 Å². The molecule has 19 heavy (non-hydrogen) atoms. The van der Waals surface area contributed by atoms with E-state index in [1.54, 1.807) is 7.05 Å². The number of amides is 1. The van der Waals surface area contributed by atoms with Gasteiger partial charge in [-0.3, -0.25) is 9.63 Å². The molecule has 1 fully saturated rings. The number of rotatable bonds is 8. The predicted octanol–water partition coefficient (Wildman–Crippen LogP) is 4.17. The van der Waals surface area contributed by atoms with Crippen LogP contribution in [0.3, 0.4) is 0 Å². The predicted molar refractivity (Wildman–Crippen MR) is 78.6 cm³/mol. The number of hydrogen-bond donors (Lipinski definition) is 0. The van der Waals surface area contributed by atoms with Crippen LogP contribution < -0.4 is 0 Å². The molecule has 3 nitrogen and oxygen atoms in total. The standard InChI is InChI=1S/C16H31NO2/c1-4-5-7-14-10-12-15(13-11-14)8-6-9-16(18)17(2)19-3/h14-15H,4-13H2,1-3H3. The summed E-state index contributed by atoms with van der Waals surface area (Å²) in [5, 5.41) is 1.33. The highest BCUT2D eigenvalue weighted by Gasteiger charge is 2.20. The molecule has 1 saturated carbocycles. The second kappa shape index (κ2) is 9.35. The molecule has 0 radical (unpaired) electrons. The summed E-state index contributed by atoms with van der Waals surface area (Å²) in [6.45, 7) is 2.28. The van der Waals surface area contributed by atoms with Gasteiger partial charge in [0, 0.05) is 13.5 Å². The second-order valence-electron chi connectivity index (χ2n) is 5.99. The number of carbonyl (C=O) groups excluding carboxylic acids is 1. The summed E-state index contributed by atoms with van der Waals surface area (Å²) in [5.74, 6) is 1.94. The van der Waals surface area contributed by atoms with E-state index >= 15 is 0 Å². The topological polar surface area (TPSA) is 29.5 Å². The van der Waals surface area contributed by atoms with Gasteiger partial charge in [0.2, 0.25) is 5.91 Å². The molecule has 0 aromatic rings. The Morgan fingerprint density at radius 1 is 1.11 bits per heavy atom. The van der Waals surface area contributed by atoms with Crippen molar-refractivity contribution in [3.05, 3.63) is 0 Å². The summed E-state index contributed by atoms with van der Waals surface area (Å²) in [6, 6.07) is 0. The minimum atomic E-state index is 0.0964. The van der Waals surface area contributed by atoms with Crippen LogP contribution in [0.15, 0.2) is 0 Å². The van der Waals surface area contributed by atoms with E-state index < -0.39 is 0 Å². The lowest BCUT2D eigenvalue weighted by Crippen LogP contribution is -2.25. The number of unbranched alkanes of at least 4 members (excludes halogenated alkanes) is 1. The molecule has 3 heteroatoms. The number of carbonyl (C=O) groups is 1. The van der Waals surface area contributed by atoms with E-state index in [1.165, 1.54) is 63.5 Å². The largest absolute Gasteiger partial charge is 0.275 e. The van der Waals surface area contributed by atoms with Crippen LogP contribution in [0.5, 0.6) is 0 Å². The molecule has 0 spiro atoms. The molecular formula is C16H31NO2. The Kier molecular flexibility index (Phi) is 8.11. The zero-order chi connectivity index (χ0) is 14.1. The molecule has 0 N–H and O–H groups in total. The molecule has 0 atom stereocenters. The van der Waals surface area contributed by atoms with Crippen molar-refractivity contribution in [1.29, 1.82) is 0 Å². The van der Waals surface area contributed by atoms with Crippen molar-refractivity contribution >= 4 is 5.91 Å². The Morgan fingerprint density at radius 2 is 1.63 bits per heavy atom. The summed E-state index contributed by atoms with van der Waals surface area (Å²) in [5.41, 5.74) is 0. The van der Waals surface area contributed by atoms with E-state index in [1.807, 2.05) is 0 Å². The molecule has 112 valence electrons. The van der Waals surface area contributed by atoms with Crippen molar-refractivity contribution in [2.24, 2.45) is 11.8 Å². The van der Waals surface area contributed by atoms with Crippen LogP contribution in [0.1, 0.15) is 71.1 Å². The van der Waals surface area contributed by atoms with Crippen LogP contribution in [0.4, 0.5) is 0 Å². The lowest BCUT2D eigenvalue weighted by atomic mass is 9.78. The molecule has 1 rings (SSSR count). The first kappa shape index (κ1) is 16.5. The average molecular weight is 269 g/mol. The second-order valence-corrected chi connectivity index (χ2v) is 5.99. The molecular weight excluding hydrogens is 238 g/mol. The normalized spacial score (nSPS) is 23.3. The number of nitrogens with zero attached hydrogens (tertiary/aromatic N) is 1. The van der Waals surface area contributed by atoms with Crippen molar-refractivity contribution in [2.45, 2.75) is 71.1 Å². The fourth-order valence-electron chi connectivity index (χ4n) is 3.10. The molecule has 0 bridgehead atoms. The van der Waals surface area contributed by atoms with Crippen molar-refractivity contribution in [1.82, 2.24) is 5.06 Å². The van der Waals surface area contributed by atoms with Gasteiger partial charge in [-0.2, -0.15) is 0 Å². The average Bonchev–Trinajstić information content (AvgIpc) is 2.45. The van der Waals surface area contributed by atoms with Gasteiger partial charge in [0.25, 0.3) is 0 Å². The van der Waals surface area contributed by atoms with Crippen molar-refractivity contribution in [2.75, 3.05) is 14.2 Å². The van der Waals surface area contributed by atoms with Crippen molar-refractivity contribution < 1.29 is 9.63 Å². The summed E-state index contributed by atoms with van der Waals surface area (Å²) in [4.78, 5) is 16.5. The molecule has 0 unspecified atom stereocenters. The maximum absolute atomic E-state index is 11.6. The molecule has 0 aliphatic heterocycles. The third-order valence-corrected chi connectivity index (χ3v) is 4.56. The number of hydrogen-bond acceptors (Lipinski definition) is 2. The highest BCUT2D eigenvalue weighted by atomic mass is 16.7. The molecule has 1 aliphatic rings. The van der Waals surface area contributed by atoms with Gasteiger partial charge in [-0.25, -0.2) is 5.06 Å². The Hall–Kier alpha value is -0.570. The zero-order valence-corrected chi connectivity index (χ0v) is 13.0. The Bertz CT molecular complexity index is 247. The van der Waals surface area contributed by atoms with Gasteiger partial charge in [-0.1, -0.05) is 51.9 Å². The van der Waals surface area contributed by atoms with Crippen molar-refractivity contribution in [3.63, 3.8) is 0 Å². The Balaban J connectivity index is 2.08. The Morgan fingerprint density at radius 3 is 2.11 bits per heavy atom. The van der Waals surface area contributed by atoms with Gasteiger partial charge in [-0.05, 0) is 24.7 Å². The summed E-state index contributed by atoms with van der Waals surface area (Å²) < 4.78 is 0. The molecule has 0 aromatic carbocycles. The van der Waals surface area contributed by atoms with Crippen LogP contribution in [0.25, 0.3) is 0 Å². The van der Waals surface area contributed by atoms with Gasteiger partial charge in [0.1, 0.15) is 0 Å². The van der Waals surface area contributed by atoms with Crippen LogP contribution in [-0.2, 0) is 9.63 Å². The van der Waals surface area contributed by atoms with Crippen LogP contribution in [0, 0.1) is 11.8 Å².